The van der Waals surface area contributed by atoms with Gasteiger partial charge in [0.15, 0.2) is 0 Å². The van der Waals surface area contributed by atoms with Gasteiger partial charge in [0.25, 0.3) is 0 Å². The second-order valence-electron chi connectivity index (χ2n) is 4.65. The van der Waals surface area contributed by atoms with E-state index < -0.39 is 0 Å². The van der Waals surface area contributed by atoms with Crippen LogP contribution in [0.4, 0.5) is 11.7 Å². The standard InChI is InChI=1S/C16H15N3O2/c1-11-5-3-7-13(9-11)17-16-18-15(19-21-16)12-6-4-8-14(10-12)20-2/h3-10H,1-2H3,(H,17,18,19). The Morgan fingerprint density at radius 3 is 2.76 bits per heavy atom. The molecule has 0 bridgehead atoms. The van der Waals surface area contributed by atoms with Crippen LogP contribution in [0.1, 0.15) is 5.56 Å². The molecule has 1 heterocycles. The minimum Gasteiger partial charge on any atom is -0.497 e. The number of hydrogen-bond donors (Lipinski definition) is 1. The molecule has 0 saturated carbocycles. The van der Waals surface area contributed by atoms with Crippen LogP contribution in [0.2, 0.25) is 0 Å². The number of aryl methyl sites for hydroxylation is 1. The van der Waals surface area contributed by atoms with E-state index >= 15 is 0 Å². The molecule has 0 unspecified atom stereocenters. The van der Waals surface area contributed by atoms with Gasteiger partial charge >= 0.3 is 6.01 Å². The minimum atomic E-state index is 0.360. The Morgan fingerprint density at radius 2 is 1.95 bits per heavy atom. The lowest BCUT2D eigenvalue weighted by Crippen LogP contribution is -1.90. The minimum absolute atomic E-state index is 0.360. The van der Waals surface area contributed by atoms with Crippen LogP contribution in [0.5, 0.6) is 5.75 Å². The van der Waals surface area contributed by atoms with Crippen LogP contribution in [0.25, 0.3) is 11.4 Å². The topological polar surface area (TPSA) is 60.2 Å². The molecular weight excluding hydrogens is 266 g/mol. The summed E-state index contributed by atoms with van der Waals surface area (Å²) >= 11 is 0. The van der Waals surface area contributed by atoms with Crippen LogP contribution in [-0.4, -0.2) is 17.3 Å². The molecule has 5 heteroatoms. The molecule has 0 fully saturated rings. The zero-order chi connectivity index (χ0) is 14.7. The molecule has 0 aliphatic rings. The summed E-state index contributed by atoms with van der Waals surface area (Å²) in [7, 11) is 1.63. The molecule has 106 valence electrons. The lowest BCUT2D eigenvalue weighted by atomic mass is 10.2. The second kappa shape index (κ2) is 5.66. The smallest absolute Gasteiger partial charge is 0.326 e. The Bertz CT molecular complexity index is 753. The molecular formula is C16H15N3O2. The van der Waals surface area contributed by atoms with Crippen molar-refractivity contribution in [2.45, 2.75) is 6.92 Å². The molecule has 1 aromatic heterocycles. The maximum Gasteiger partial charge on any atom is 0.326 e. The highest BCUT2D eigenvalue weighted by atomic mass is 16.5. The van der Waals surface area contributed by atoms with Crippen molar-refractivity contribution in [2.24, 2.45) is 0 Å². The highest BCUT2D eigenvalue weighted by molar-refractivity contribution is 5.60. The first-order chi connectivity index (χ1) is 10.2. The molecule has 1 N–H and O–H groups in total. The first kappa shape index (κ1) is 13.2. The van der Waals surface area contributed by atoms with E-state index in [1.807, 2.05) is 55.5 Å². The number of methoxy groups -OCH3 is 1. The molecule has 0 saturated heterocycles. The Morgan fingerprint density at radius 1 is 1.10 bits per heavy atom. The number of benzene rings is 2. The summed E-state index contributed by atoms with van der Waals surface area (Å²) in [6.07, 6.45) is 0. The average Bonchev–Trinajstić information content (AvgIpc) is 2.96. The van der Waals surface area contributed by atoms with E-state index in [0.29, 0.717) is 11.8 Å². The molecule has 2 aromatic carbocycles. The molecule has 21 heavy (non-hydrogen) atoms. The molecule has 0 radical (unpaired) electrons. The zero-order valence-corrected chi connectivity index (χ0v) is 11.8. The third kappa shape index (κ3) is 3.02. The summed E-state index contributed by atoms with van der Waals surface area (Å²) in [6.45, 7) is 2.03. The lowest BCUT2D eigenvalue weighted by molar-refractivity contribution is 0.414. The zero-order valence-electron chi connectivity index (χ0n) is 11.8. The summed E-state index contributed by atoms with van der Waals surface area (Å²) in [6, 6.07) is 15.8. The quantitative estimate of drug-likeness (QED) is 0.788. The SMILES string of the molecule is COc1cccc(-c2noc(Nc3cccc(C)c3)n2)c1. The van der Waals surface area contributed by atoms with Crippen molar-refractivity contribution in [3.05, 3.63) is 54.1 Å². The first-order valence-electron chi connectivity index (χ1n) is 6.56. The fourth-order valence-electron chi connectivity index (χ4n) is 2.00. The van der Waals surface area contributed by atoms with Crippen molar-refractivity contribution < 1.29 is 9.26 Å². The van der Waals surface area contributed by atoms with E-state index in [0.717, 1.165) is 22.6 Å². The number of rotatable bonds is 4. The summed E-state index contributed by atoms with van der Waals surface area (Å²) < 4.78 is 10.4. The van der Waals surface area contributed by atoms with Crippen molar-refractivity contribution in [3.63, 3.8) is 0 Å². The number of hydrogen-bond acceptors (Lipinski definition) is 5. The van der Waals surface area contributed by atoms with E-state index in [1.165, 1.54) is 0 Å². The van der Waals surface area contributed by atoms with Gasteiger partial charge in [-0.3, -0.25) is 0 Å². The third-order valence-corrected chi connectivity index (χ3v) is 3.02. The van der Waals surface area contributed by atoms with Crippen LogP contribution in [0.15, 0.2) is 53.1 Å². The normalized spacial score (nSPS) is 10.4. The number of aromatic nitrogens is 2. The number of anilines is 2. The van der Waals surface area contributed by atoms with Gasteiger partial charge in [0.2, 0.25) is 5.82 Å². The highest BCUT2D eigenvalue weighted by Gasteiger charge is 2.09. The van der Waals surface area contributed by atoms with Gasteiger partial charge in [-0.15, -0.1) is 0 Å². The Labute approximate surface area is 122 Å². The van der Waals surface area contributed by atoms with Crippen molar-refractivity contribution in [1.82, 2.24) is 10.1 Å². The van der Waals surface area contributed by atoms with Crippen LogP contribution in [0.3, 0.4) is 0 Å². The lowest BCUT2D eigenvalue weighted by Gasteiger charge is -2.01. The molecule has 5 nitrogen and oxygen atoms in total. The Balaban J connectivity index is 1.82. The summed E-state index contributed by atoms with van der Waals surface area (Å²) in [5.41, 5.74) is 2.92. The summed E-state index contributed by atoms with van der Waals surface area (Å²) in [4.78, 5) is 4.34. The van der Waals surface area contributed by atoms with E-state index in [1.54, 1.807) is 7.11 Å². The van der Waals surface area contributed by atoms with Crippen LogP contribution < -0.4 is 10.1 Å². The predicted molar refractivity (Wildman–Crippen MR) is 80.7 cm³/mol. The Hall–Kier alpha value is -2.82. The van der Waals surface area contributed by atoms with Gasteiger partial charge in [-0.2, -0.15) is 4.98 Å². The molecule has 3 aromatic rings. The van der Waals surface area contributed by atoms with E-state index in [9.17, 15) is 0 Å². The van der Waals surface area contributed by atoms with Crippen LogP contribution in [-0.2, 0) is 0 Å². The maximum absolute atomic E-state index is 5.22. The number of nitrogens with zero attached hydrogens (tertiary/aromatic N) is 2. The van der Waals surface area contributed by atoms with Crippen LogP contribution in [0, 0.1) is 6.92 Å². The van der Waals surface area contributed by atoms with Crippen LogP contribution >= 0.6 is 0 Å². The molecule has 0 aliphatic carbocycles. The first-order valence-corrected chi connectivity index (χ1v) is 6.56. The van der Waals surface area contributed by atoms with E-state index in [4.69, 9.17) is 9.26 Å². The van der Waals surface area contributed by atoms with Crippen molar-refractivity contribution >= 4 is 11.7 Å². The fourth-order valence-corrected chi connectivity index (χ4v) is 2.00. The van der Waals surface area contributed by atoms with Gasteiger partial charge in [0.05, 0.1) is 7.11 Å². The van der Waals surface area contributed by atoms with Gasteiger partial charge in [-0.1, -0.05) is 29.4 Å². The Kier molecular flexibility index (Phi) is 3.55. The van der Waals surface area contributed by atoms with Gasteiger partial charge < -0.3 is 14.6 Å². The molecule has 0 spiro atoms. The highest BCUT2D eigenvalue weighted by Crippen LogP contribution is 2.23. The maximum atomic E-state index is 5.22. The van der Waals surface area contributed by atoms with Crippen molar-refractivity contribution in [2.75, 3.05) is 12.4 Å². The summed E-state index contributed by atoms with van der Waals surface area (Å²) in [5, 5.41) is 7.07. The number of nitrogens with one attached hydrogen (secondary N) is 1. The van der Waals surface area contributed by atoms with Crippen molar-refractivity contribution in [1.29, 1.82) is 0 Å². The second-order valence-corrected chi connectivity index (χ2v) is 4.65. The molecule has 0 aliphatic heterocycles. The van der Waals surface area contributed by atoms with Crippen molar-refractivity contribution in [3.8, 4) is 17.1 Å². The fraction of sp³-hybridized carbons (Fsp3) is 0.125. The van der Waals surface area contributed by atoms with Gasteiger partial charge in [-0.25, -0.2) is 0 Å². The molecule has 0 amide bonds. The molecule has 3 rings (SSSR count). The van der Waals surface area contributed by atoms with Gasteiger partial charge in [0, 0.05) is 11.3 Å². The predicted octanol–water partition coefficient (Wildman–Crippen LogP) is 3.80. The summed E-state index contributed by atoms with van der Waals surface area (Å²) in [5.74, 6) is 1.27. The largest absolute Gasteiger partial charge is 0.497 e. The third-order valence-electron chi connectivity index (χ3n) is 3.02. The van der Waals surface area contributed by atoms with Gasteiger partial charge in [0.1, 0.15) is 5.75 Å². The van der Waals surface area contributed by atoms with E-state index in [-0.39, 0.29) is 0 Å². The average molecular weight is 281 g/mol. The number of ether oxygens (including phenoxy) is 1. The van der Waals surface area contributed by atoms with Gasteiger partial charge in [-0.05, 0) is 36.8 Å². The van der Waals surface area contributed by atoms with E-state index in [2.05, 4.69) is 15.5 Å². The monoisotopic (exact) mass is 281 g/mol. The molecule has 0 atom stereocenters.